The normalized spacial score (nSPS) is 17.6. The number of hydrogen-bond acceptors (Lipinski definition) is 2. The van der Waals surface area contributed by atoms with Crippen LogP contribution in [0.5, 0.6) is 0 Å². The number of hydrogen-bond donors (Lipinski definition) is 0. The topological polar surface area (TPSA) is 17.1 Å². The molecule has 0 fully saturated rings. The summed E-state index contributed by atoms with van der Waals surface area (Å²) in [4.78, 5) is 14.0. The van der Waals surface area contributed by atoms with Crippen molar-refractivity contribution < 1.29 is 4.79 Å². The second-order valence-electron chi connectivity index (χ2n) is 4.13. The van der Waals surface area contributed by atoms with E-state index in [2.05, 4.69) is 15.9 Å². The molecule has 0 N–H and O–H groups in total. The van der Waals surface area contributed by atoms with Crippen molar-refractivity contribution in [1.29, 1.82) is 0 Å². The van der Waals surface area contributed by atoms with E-state index in [-0.39, 0.29) is 10.6 Å². The molecule has 0 radical (unpaired) electrons. The van der Waals surface area contributed by atoms with E-state index >= 15 is 0 Å². The summed E-state index contributed by atoms with van der Waals surface area (Å²) < 4.78 is 0. The van der Waals surface area contributed by atoms with Gasteiger partial charge in [-0.2, -0.15) is 0 Å². The molecule has 5 heteroatoms. The van der Waals surface area contributed by atoms with Gasteiger partial charge in [0, 0.05) is 15.4 Å². The molecule has 1 nitrogen and oxygen atoms in total. The van der Waals surface area contributed by atoms with Crippen molar-refractivity contribution in [3.8, 4) is 0 Å². The highest BCUT2D eigenvalue weighted by atomic mass is 79.9. The van der Waals surface area contributed by atoms with Crippen molar-refractivity contribution >= 4 is 56.7 Å². The number of alkyl halides is 1. The molecule has 1 atom stereocenters. The van der Waals surface area contributed by atoms with Gasteiger partial charge in [0.05, 0.1) is 10.0 Å². The molecule has 0 bridgehead atoms. The Morgan fingerprint density at radius 2 is 1.74 bits per heavy atom. The van der Waals surface area contributed by atoms with Crippen molar-refractivity contribution in [3.63, 3.8) is 0 Å². The maximum atomic E-state index is 12.5. The molecule has 0 spiro atoms. The molecule has 0 saturated carbocycles. The van der Waals surface area contributed by atoms with Crippen LogP contribution < -0.4 is 0 Å². The molecule has 3 rings (SSSR count). The minimum atomic E-state index is -0.352. The van der Waals surface area contributed by atoms with Gasteiger partial charge in [0.15, 0.2) is 5.78 Å². The van der Waals surface area contributed by atoms with E-state index in [0.717, 1.165) is 15.4 Å². The van der Waals surface area contributed by atoms with Crippen LogP contribution in [0.2, 0.25) is 10.0 Å². The number of carbonyl (C=O) groups is 1. The molecule has 0 amide bonds. The molecule has 0 aromatic heterocycles. The van der Waals surface area contributed by atoms with Crippen molar-refractivity contribution in [1.82, 2.24) is 0 Å². The Bertz CT molecular complexity index is 687. The molecule has 0 aliphatic carbocycles. The summed E-state index contributed by atoms with van der Waals surface area (Å²) in [7, 11) is 0. The average molecular weight is 374 g/mol. The Morgan fingerprint density at radius 3 is 2.53 bits per heavy atom. The summed E-state index contributed by atoms with van der Waals surface area (Å²) in [5, 5.41) is 0.867. The van der Waals surface area contributed by atoms with E-state index in [1.54, 1.807) is 12.1 Å². The number of Topliss-reactive ketones (excluding diaryl/α,β-unsaturated/α-hetero) is 1. The average Bonchev–Trinajstić information content (AvgIpc) is 2.50. The van der Waals surface area contributed by atoms with Gasteiger partial charge in [-0.1, -0.05) is 69.1 Å². The number of halogens is 3. The minimum Gasteiger partial charge on any atom is -0.292 e. The zero-order valence-electron chi connectivity index (χ0n) is 9.49. The van der Waals surface area contributed by atoms with E-state index in [1.165, 1.54) is 11.8 Å². The van der Waals surface area contributed by atoms with Crippen LogP contribution in [-0.2, 0) is 0 Å². The van der Waals surface area contributed by atoms with Gasteiger partial charge in [0.25, 0.3) is 0 Å². The van der Waals surface area contributed by atoms with Gasteiger partial charge < -0.3 is 0 Å². The van der Waals surface area contributed by atoms with Gasteiger partial charge in [0.2, 0.25) is 0 Å². The third-order valence-corrected chi connectivity index (χ3v) is 5.71. The SMILES string of the molecule is O=C1c2cc(Cl)c(Cl)cc2Sc2ccccc2C1Br. The molecule has 96 valence electrons. The summed E-state index contributed by atoms with van der Waals surface area (Å²) in [5.74, 6) is 0.00557. The van der Waals surface area contributed by atoms with Gasteiger partial charge in [-0.25, -0.2) is 0 Å². The minimum absolute atomic E-state index is 0.00557. The maximum Gasteiger partial charge on any atom is 0.182 e. The van der Waals surface area contributed by atoms with Crippen molar-refractivity contribution in [2.45, 2.75) is 14.6 Å². The molecule has 2 aromatic carbocycles. The van der Waals surface area contributed by atoms with Crippen LogP contribution in [0.25, 0.3) is 0 Å². The smallest absolute Gasteiger partial charge is 0.182 e. The van der Waals surface area contributed by atoms with Crippen LogP contribution >= 0.6 is 50.9 Å². The third kappa shape index (κ3) is 2.33. The van der Waals surface area contributed by atoms with E-state index in [0.29, 0.717) is 15.6 Å². The largest absolute Gasteiger partial charge is 0.292 e. The number of fused-ring (bicyclic) bond motifs is 2. The molecular formula is C14H7BrCl2OS. The van der Waals surface area contributed by atoms with Crippen molar-refractivity contribution in [2.75, 3.05) is 0 Å². The summed E-state index contributed by atoms with van der Waals surface area (Å²) in [6.45, 7) is 0. The molecule has 2 aromatic rings. The first-order valence-electron chi connectivity index (χ1n) is 5.52. The number of benzene rings is 2. The lowest BCUT2D eigenvalue weighted by Gasteiger charge is -2.08. The third-order valence-electron chi connectivity index (χ3n) is 2.93. The number of carbonyl (C=O) groups excluding carboxylic acids is 1. The van der Waals surface area contributed by atoms with Gasteiger partial charge in [-0.15, -0.1) is 0 Å². The van der Waals surface area contributed by atoms with Gasteiger partial charge in [-0.3, -0.25) is 4.79 Å². The van der Waals surface area contributed by atoms with Crippen LogP contribution in [-0.4, -0.2) is 5.78 Å². The first-order chi connectivity index (χ1) is 9.08. The maximum absolute atomic E-state index is 12.5. The van der Waals surface area contributed by atoms with Crippen LogP contribution in [0, 0.1) is 0 Å². The zero-order chi connectivity index (χ0) is 13.6. The second kappa shape index (κ2) is 5.13. The molecule has 1 aliphatic rings. The van der Waals surface area contributed by atoms with Crippen molar-refractivity contribution in [2.24, 2.45) is 0 Å². The first kappa shape index (κ1) is 13.5. The Morgan fingerprint density at radius 1 is 1.05 bits per heavy atom. The Balaban J connectivity index is 2.25. The van der Waals surface area contributed by atoms with E-state index < -0.39 is 0 Å². The molecular weight excluding hydrogens is 367 g/mol. The lowest BCUT2D eigenvalue weighted by molar-refractivity contribution is 0.0988. The molecule has 19 heavy (non-hydrogen) atoms. The lowest BCUT2D eigenvalue weighted by Crippen LogP contribution is -2.06. The predicted molar refractivity (Wildman–Crippen MR) is 83.0 cm³/mol. The molecule has 1 unspecified atom stereocenters. The Kier molecular flexibility index (Phi) is 3.65. The Hall–Kier alpha value is -0.480. The van der Waals surface area contributed by atoms with Crippen LogP contribution in [0.1, 0.15) is 20.7 Å². The standard InChI is InChI=1S/C14H7BrCl2OS/c15-13-7-3-1-2-4-11(7)19-12-6-10(17)9(16)5-8(12)14(13)18/h1-6,13H. The fraction of sp³-hybridized carbons (Fsp3) is 0.0714. The van der Waals surface area contributed by atoms with Gasteiger partial charge >= 0.3 is 0 Å². The van der Waals surface area contributed by atoms with Crippen LogP contribution in [0.3, 0.4) is 0 Å². The molecule has 1 heterocycles. The van der Waals surface area contributed by atoms with Gasteiger partial charge in [-0.05, 0) is 23.8 Å². The highest BCUT2D eigenvalue weighted by molar-refractivity contribution is 9.09. The zero-order valence-corrected chi connectivity index (χ0v) is 13.4. The Labute approximate surface area is 133 Å². The highest BCUT2D eigenvalue weighted by Crippen LogP contribution is 2.45. The number of rotatable bonds is 0. The summed E-state index contributed by atoms with van der Waals surface area (Å²) in [6.07, 6.45) is 0. The second-order valence-corrected chi connectivity index (χ2v) is 6.94. The van der Waals surface area contributed by atoms with Gasteiger partial charge in [0.1, 0.15) is 4.83 Å². The first-order valence-corrected chi connectivity index (χ1v) is 8.01. The summed E-state index contributed by atoms with van der Waals surface area (Å²) in [6, 6.07) is 11.2. The summed E-state index contributed by atoms with van der Waals surface area (Å²) in [5.41, 5.74) is 1.58. The number of ketones is 1. The van der Waals surface area contributed by atoms with E-state index in [9.17, 15) is 4.79 Å². The highest BCUT2D eigenvalue weighted by Gasteiger charge is 2.28. The fourth-order valence-electron chi connectivity index (χ4n) is 1.98. The summed E-state index contributed by atoms with van der Waals surface area (Å²) >= 11 is 17.1. The lowest BCUT2D eigenvalue weighted by atomic mass is 10.0. The van der Waals surface area contributed by atoms with Crippen LogP contribution in [0.4, 0.5) is 0 Å². The molecule has 0 saturated heterocycles. The molecule has 1 aliphatic heterocycles. The van der Waals surface area contributed by atoms with Crippen molar-refractivity contribution in [3.05, 3.63) is 57.6 Å². The monoisotopic (exact) mass is 372 g/mol. The predicted octanol–water partition coefficient (Wildman–Crippen LogP) is 5.78. The quantitative estimate of drug-likeness (QED) is 0.544. The van der Waals surface area contributed by atoms with E-state index in [4.69, 9.17) is 23.2 Å². The van der Waals surface area contributed by atoms with E-state index in [1.807, 2.05) is 24.3 Å². The van der Waals surface area contributed by atoms with Crippen LogP contribution in [0.15, 0.2) is 46.2 Å². The fourth-order valence-corrected chi connectivity index (χ4v) is 4.31.